The Labute approximate surface area is 180 Å². The Morgan fingerprint density at radius 3 is 2.60 bits per heavy atom. The van der Waals surface area contributed by atoms with Crippen LogP contribution in [0.4, 0.5) is 0 Å². The smallest absolute Gasteiger partial charge is 0.337 e. The molecule has 1 amide bonds. The average molecular weight is 430 g/mol. The van der Waals surface area contributed by atoms with Gasteiger partial charge in [0.05, 0.1) is 19.2 Å². The maximum absolute atomic E-state index is 12.4. The summed E-state index contributed by atoms with van der Waals surface area (Å²) in [6.45, 7) is 1.73. The van der Waals surface area contributed by atoms with E-state index in [1.807, 2.05) is 24.3 Å². The van der Waals surface area contributed by atoms with Crippen LogP contribution in [-0.4, -0.2) is 44.8 Å². The van der Waals surface area contributed by atoms with Crippen LogP contribution in [0.5, 0.6) is 5.75 Å². The third-order valence-electron chi connectivity index (χ3n) is 5.58. The van der Waals surface area contributed by atoms with E-state index in [9.17, 15) is 9.59 Å². The molecule has 1 saturated heterocycles. The van der Waals surface area contributed by atoms with E-state index in [1.54, 1.807) is 12.1 Å². The number of rotatable bonds is 5. The van der Waals surface area contributed by atoms with E-state index >= 15 is 0 Å². The topological polar surface area (TPSA) is 73.9 Å². The van der Waals surface area contributed by atoms with Gasteiger partial charge in [0, 0.05) is 41.7 Å². The molecule has 0 saturated carbocycles. The molecule has 1 N–H and O–H groups in total. The highest BCUT2D eigenvalue weighted by Crippen LogP contribution is 2.41. The van der Waals surface area contributed by atoms with Crippen LogP contribution in [0.1, 0.15) is 28.8 Å². The van der Waals surface area contributed by atoms with Gasteiger partial charge in [0.2, 0.25) is 5.91 Å². The van der Waals surface area contributed by atoms with Crippen molar-refractivity contribution in [2.24, 2.45) is 5.92 Å². The normalized spacial score (nSPS) is 18.4. The van der Waals surface area contributed by atoms with E-state index in [4.69, 9.17) is 25.8 Å². The van der Waals surface area contributed by atoms with Crippen LogP contribution in [0, 0.1) is 5.92 Å². The lowest BCUT2D eigenvalue weighted by atomic mass is 9.99. The molecule has 2 aromatic carbocycles. The van der Waals surface area contributed by atoms with E-state index in [-0.39, 0.29) is 23.9 Å². The molecule has 7 heteroatoms. The molecule has 2 aliphatic rings. The van der Waals surface area contributed by atoms with Crippen LogP contribution in [-0.2, 0) is 20.7 Å². The van der Waals surface area contributed by atoms with Gasteiger partial charge in [0.15, 0.2) is 0 Å². The number of carbonyl (C=O) groups excluding carboxylic acids is 2. The van der Waals surface area contributed by atoms with Crippen molar-refractivity contribution < 1.29 is 23.8 Å². The van der Waals surface area contributed by atoms with E-state index < -0.39 is 0 Å². The first kappa shape index (κ1) is 20.7. The van der Waals surface area contributed by atoms with Gasteiger partial charge in [-0.25, -0.2) is 4.79 Å². The van der Waals surface area contributed by atoms with E-state index in [2.05, 4.69) is 5.32 Å². The summed E-state index contributed by atoms with van der Waals surface area (Å²) in [4.78, 5) is 24.1. The number of hydrogen-bond donors (Lipinski definition) is 1. The summed E-state index contributed by atoms with van der Waals surface area (Å²) >= 11 is 6.35. The molecule has 0 aromatic heterocycles. The minimum absolute atomic E-state index is 0.0147. The van der Waals surface area contributed by atoms with Crippen LogP contribution in [0.15, 0.2) is 36.4 Å². The SMILES string of the molecule is COC(=O)c1ccc(-c2cc(Cl)cc3c2OC(CNC(=O)C2CCOCC2)C3)cc1. The van der Waals surface area contributed by atoms with Gasteiger partial charge in [-0.05, 0) is 42.7 Å². The molecule has 1 atom stereocenters. The van der Waals surface area contributed by atoms with Crippen molar-refractivity contribution in [3.63, 3.8) is 0 Å². The molecule has 2 aromatic rings. The maximum Gasteiger partial charge on any atom is 0.337 e. The van der Waals surface area contributed by atoms with Crippen molar-refractivity contribution in [1.29, 1.82) is 0 Å². The quantitative estimate of drug-likeness (QED) is 0.734. The molecule has 6 nitrogen and oxygen atoms in total. The number of fused-ring (bicyclic) bond motifs is 1. The molecule has 0 radical (unpaired) electrons. The zero-order chi connectivity index (χ0) is 21.1. The summed E-state index contributed by atoms with van der Waals surface area (Å²) in [5.41, 5.74) is 3.26. The lowest BCUT2D eigenvalue weighted by Gasteiger charge is -2.22. The third-order valence-corrected chi connectivity index (χ3v) is 5.79. The fourth-order valence-corrected chi connectivity index (χ4v) is 4.19. The maximum atomic E-state index is 12.4. The van der Waals surface area contributed by atoms with Crippen molar-refractivity contribution in [3.05, 3.63) is 52.5 Å². The van der Waals surface area contributed by atoms with Crippen LogP contribution in [0.3, 0.4) is 0 Å². The number of nitrogens with one attached hydrogen (secondary N) is 1. The standard InChI is InChI=1S/C23H24ClNO5/c1-28-23(27)16-4-2-14(3-5-16)20-12-18(24)10-17-11-19(30-21(17)20)13-25-22(26)15-6-8-29-9-7-15/h2-5,10,12,15,19H,6-9,11,13H2,1H3,(H,25,26). The summed E-state index contributed by atoms with van der Waals surface area (Å²) in [5, 5.41) is 3.65. The fourth-order valence-electron chi connectivity index (χ4n) is 3.95. The van der Waals surface area contributed by atoms with Crippen molar-refractivity contribution >= 4 is 23.5 Å². The number of halogens is 1. The largest absolute Gasteiger partial charge is 0.487 e. The second kappa shape index (κ2) is 9.06. The number of methoxy groups -OCH3 is 1. The van der Waals surface area contributed by atoms with Crippen LogP contribution in [0.2, 0.25) is 5.02 Å². The van der Waals surface area contributed by atoms with E-state index in [0.717, 1.165) is 35.3 Å². The second-order valence-electron chi connectivity index (χ2n) is 7.59. The number of carbonyl (C=O) groups is 2. The van der Waals surface area contributed by atoms with Gasteiger partial charge in [-0.2, -0.15) is 0 Å². The Hall–Kier alpha value is -2.57. The first-order valence-corrected chi connectivity index (χ1v) is 10.5. The van der Waals surface area contributed by atoms with Crippen LogP contribution in [0.25, 0.3) is 11.1 Å². The number of amides is 1. The minimum atomic E-state index is -0.380. The Bertz CT molecular complexity index is 937. The molecule has 0 spiro atoms. The molecule has 0 bridgehead atoms. The Morgan fingerprint density at radius 2 is 1.90 bits per heavy atom. The van der Waals surface area contributed by atoms with Gasteiger partial charge < -0.3 is 19.5 Å². The first-order chi connectivity index (χ1) is 14.5. The molecule has 0 aliphatic carbocycles. The molecule has 2 aliphatic heterocycles. The number of hydrogen-bond acceptors (Lipinski definition) is 5. The molecule has 2 heterocycles. The summed E-state index contributed by atoms with van der Waals surface area (Å²) in [5.74, 6) is 0.473. The summed E-state index contributed by atoms with van der Waals surface area (Å²) in [6.07, 6.45) is 2.06. The van der Waals surface area contributed by atoms with Crippen molar-refractivity contribution in [2.75, 3.05) is 26.9 Å². The molecule has 158 valence electrons. The van der Waals surface area contributed by atoms with Gasteiger partial charge in [-0.1, -0.05) is 23.7 Å². The van der Waals surface area contributed by atoms with Gasteiger partial charge in [-0.15, -0.1) is 0 Å². The lowest BCUT2D eigenvalue weighted by molar-refractivity contribution is -0.128. The molecule has 30 heavy (non-hydrogen) atoms. The lowest BCUT2D eigenvalue weighted by Crippen LogP contribution is -2.39. The Balaban J connectivity index is 1.46. The van der Waals surface area contributed by atoms with Gasteiger partial charge in [0.25, 0.3) is 0 Å². The monoisotopic (exact) mass is 429 g/mol. The molecule has 1 fully saturated rings. The fraction of sp³-hybridized carbons (Fsp3) is 0.391. The third kappa shape index (κ3) is 4.45. The summed E-state index contributed by atoms with van der Waals surface area (Å²) in [6, 6.07) is 10.9. The molecular weight excluding hydrogens is 406 g/mol. The van der Waals surface area contributed by atoms with Gasteiger partial charge >= 0.3 is 5.97 Å². The van der Waals surface area contributed by atoms with Crippen LogP contribution < -0.4 is 10.1 Å². The second-order valence-corrected chi connectivity index (χ2v) is 8.02. The van der Waals surface area contributed by atoms with Gasteiger partial charge in [0.1, 0.15) is 11.9 Å². The van der Waals surface area contributed by atoms with Crippen LogP contribution >= 0.6 is 11.6 Å². The first-order valence-electron chi connectivity index (χ1n) is 10.1. The number of ether oxygens (including phenoxy) is 3. The Morgan fingerprint density at radius 1 is 1.17 bits per heavy atom. The molecule has 4 rings (SSSR count). The molecule has 1 unspecified atom stereocenters. The average Bonchev–Trinajstić information content (AvgIpc) is 3.19. The van der Waals surface area contributed by atoms with Crippen molar-refractivity contribution in [1.82, 2.24) is 5.32 Å². The number of benzene rings is 2. The van der Waals surface area contributed by atoms with E-state index in [1.165, 1.54) is 7.11 Å². The predicted octanol–water partition coefficient (Wildman–Crippen LogP) is 3.64. The van der Waals surface area contributed by atoms with Crippen molar-refractivity contribution in [3.8, 4) is 16.9 Å². The predicted molar refractivity (Wildman–Crippen MR) is 113 cm³/mol. The highest BCUT2D eigenvalue weighted by atomic mass is 35.5. The summed E-state index contributed by atoms with van der Waals surface area (Å²) < 4.78 is 16.3. The molecular formula is C23H24ClNO5. The highest BCUT2D eigenvalue weighted by Gasteiger charge is 2.28. The van der Waals surface area contributed by atoms with Gasteiger partial charge in [-0.3, -0.25) is 4.79 Å². The minimum Gasteiger partial charge on any atom is -0.487 e. The van der Waals surface area contributed by atoms with E-state index in [0.29, 0.717) is 36.8 Å². The zero-order valence-electron chi connectivity index (χ0n) is 16.8. The van der Waals surface area contributed by atoms with Crippen molar-refractivity contribution in [2.45, 2.75) is 25.4 Å². The Kier molecular flexibility index (Phi) is 6.25. The highest BCUT2D eigenvalue weighted by molar-refractivity contribution is 6.31. The number of esters is 1. The zero-order valence-corrected chi connectivity index (χ0v) is 17.5. The summed E-state index contributed by atoms with van der Waals surface area (Å²) in [7, 11) is 1.36.